The molecule has 2 atom stereocenters. The zero-order valence-corrected chi connectivity index (χ0v) is 13.8. The molecule has 3 rings (SSSR count). The first kappa shape index (κ1) is 14.3. The maximum Gasteiger partial charge on any atom is 0.157 e. The molecule has 2 aliphatic rings. The lowest BCUT2D eigenvalue weighted by atomic mass is 10.0. The maximum absolute atomic E-state index is 6.41. The van der Waals surface area contributed by atoms with E-state index in [0.29, 0.717) is 5.92 Å². The Morgan fingerprint density at radius 3 is 2.80 bits per heavy atom. The van der Waals surface area contributed by atoms with E-state index in [0.717, 1.165) is 22.4 Å². The van der Waals surface area contributed by atoms with E-state index in [2.05, 4.69) is 38.2 Å². The lowest BCUT2D eigenvalue weighted by Gasteiger charge is -2.24. The van der Waals surface area contributed by atoms with Gasteiger partial charge in [-0.05, 0) is 51.2 Å². The molecule has 4 heteroatoms. The Balaban J connectivity index is 1.96. The van der Waals surface area contributed by atoms with Crippen LogP contribution in [-0.2, 0) is 5.54 Å². The fraction of sp³-hybridized carbons (Fsp3) is 0.562. The Morgan fingerprint density at radius 2 is 2.10 bits per heavy atom. The van der Waals surface area contributed by atoms with Crippen LogP contribution in [0.25, 0.3) is 0 Å². The van der Waals surface area contributed by atoms with E-state index < -0.39 is 0 Å². The summed E-state index contributed by atoms with van der Waals surface area (Å²) in [6, 6.07) is 8.17. The fourth-order valence-electron chi connectivity index (χ4n) is 2.89. The summed E-state index contributed by atoms with van der Waals surface area (Å²) in [5, 5.41) is 5.45. The van der Waals surface area contributed by atoms with Gasteiger partial charge in [0.25, 0.3) is 0 Å². The normalized spacial score (nSPS) is 29.2. The van der Waals surface area contributed by atoms with Gasteiger partial charge in [0.2, 0.25) is 0 Å². The van der Waals surface area contributed by atoms with Crippen molar-refractivity contribution >= 4 is 28.5 Å². The van der Waals surface area contributed by atoms with Crippen molar-refractivity contribution in [2.45, 2.75) is 44.7 Å². The summed E-state index contributed by atoms with van der Waals surface area (Å²) in [5.74, 6) is 1.79. The molecule has 1 aliphatic carbocycles. The third-order valence-corrected chi connectivity index (χ3v) is 5.14. The van der Waals surface area contributed by atoms with Crippen molar-refractivity contribution in [3.8, 4) is 0 Å². The zero-order chi connectivity index (χ0) is 14.4. The predicted molar refractivity (Wildman–Crippen MR) is 88.6 cm³/mol. The molecule has 0 saturated heterocycles. The maximum atomic E-state index is 6.41. The van der Waals surface area contributed by atoms with E-state index in [1.165, 1.54) is 12.0 Å². The minimum atomic E-state index is -0.0740. The molecule has 1 heterocycles. The molecule has 0 aromatic heterocycles. The summed E-state index contributed by atoms with van der Waals surface area (Å²) in [7, 11) is 0. The van der Waals surface area contributed by atoms with Gasteiger partial charge in [-0.25, -0.2) is 0 Å². The number of nitrogens with zero attached hydrogens (tertiary/aromatic N) is 1. The van der Waals surface area contributed by atoms with Crippen molar-refractivity contribution in [1.82, 2.24) is 5.32 Å². The number of aliphatic imine (C=N–C) groups is 1. The number of hydrogen-bond acceptors (Lipinski definition) is 3. The van der Waals surface area contributed by atoms with E-state index >= 15 is 0 Å². The van der Waals surface area contributed by atoms with Crippen LogP contribution in [0.5, 0.6) is 0 Å². The smallest absolute Gasteiger partial charge is 0.157 e. The van der Waals surface area contributed by atoms with Crippen LogP contribution in [0.15, 0.2) is 29.3 Å². The van der Waals surface area contributed by atoms with E-state index in [9.17, 15) is 0 Å². The molecule has 1 N–H and O–H groups in total. The quantitative estimate of drug-likeness (QED) is 0.829. The molecule has 20 heavy (non-hydrogen) atoms. The highest BCUT2D eigenvalue weighted by Crippen LogP contribution is 2.60. The van der Waals surface area contributed by atoms with Gasteiger partial charge in [0.15, 0.2) is 5.17 Å². The van der Waals surface area contributed by atoms with Gasteiger partial charge in [0.05, 0.1) is 5.54 Å². The van der Waals surface area contributed by atoms with Gasteiger partial charge in [-0.1, -0.05) is 41.6 Å². The van der Waals surface area contributed by atoms with Crippen LogP contribution in [0.1, 0.15) is 39.2 Å². The standard InChI is InChI=1S/C16H21ClN2S/c1-15(2,3)18-14-19-16(10-11(16)8-9-20-14)12-6-4-5-7-13(12)17/h4-7,11H,8-10H2,1-3H3,(H,18,19)/t11-,16+/m1/s1. The molecular formula is C16H21ClN2S. The van der Waals surface area contributed by atoms with Gasteiger partial charge in [-0.3, -0.25) is 4.99 Å². The Kier molecular flexibility index (Phi) is 3.54. The fourth-order valence-corrected chi connectivity index (χ4v) is 4.39. The van der Waals surface area contributed by atoms with Crippen molar-refractivity contribution in [2.75, 3.05) is 5.75 Å². The Morgan fingerprint density at radius 1 is 1.35 bits per heavy atom. The molecule has 1 aliphatic heterocycles. The van der Waals surface area contributed by atoms with Crippen LogP contribution in [0.4, 0.5) is 0 Å². The summed E-state index contributed by atoms with van der Waals surface area (Å²) in [5.41, 5.74) is 1.17. The highest BCUT2D eigenvalue weighted by molar-refractivity contribution is 8.13. The SMILES string of the molecule is CC(C)(C)NC1=N[C@@]2(c3ccccc3Cl)C[C@H]2CCS1. The number of rotatable bonds is 1. The molecule has 0 bridgehead atoms. The molecule has 108 valence electrons. The third-order valence-electron chi connectivity index (χ3n) is 3.90. The first-order valence-corrected chi connectivity index (χ1v) is 8.53. The van der Waals surface area contributed by atoms with Crippen molar-refractivity contribution < 1.29 is 0 Å². The number of benzene rings is 1. The predicted octanol–water partition coefficient (Wildman–Crippen LogP) is 4.44. The topological polar surface area (TPSA) is 24.4 Å². The second kappa shape index (κ2) is 4.96. The summed E-state index contributed by atoms with van der Waals surface area (Å²) in [6.45, 7) is 6.52. The van der Waals surface area contributed by atoms with Crippen LogP contribution in [-0.4, -0.2) is 16.5 Å². The number of fused-ring (bicyclic) bond motifs is 1. The van der Waals surface area contributed by atoms with Crippen LogP contribution in [0.2, 0.25) is 5.02 Å². The van der Waals surface area contributed by atoms with Crippen molar-refractivity contribution in [2.24, 2.45) is 10.9 Å². The third kappa shape index (κ3) is 2.71. The monoisotopic (exact) mass is 308 g/mol. The summed E-state index contributed by atoms with van der Waals surface area (Å²) >= 11 is 8.25. The average Bonchev–Trinajstić information content (AvgIpc) is 3.02. The number of amidine groups is 1. The van der Waals surface area contributed by atoms with Gasteiger partial charge in [-0.15, -0.1) is 0 Å². The van der Waals surface area contributed by atoms with E-state index in [-0.39, 0.29) is 11.1 Å². The molecule has 0 radical (unpaired) electrons. The van der Waals surface area contributed by atoms with Crippen LogP contribution >= 0.6 is 23.4 Å². The van der Waals surface area contributed by atoms with Crippen LogP contribution in [0, 0.1) is 5.92 Å². The van der Waals surface area contributed by atoms with Gasteiger partial charge in [0.1, 0.15) is 0 Å². The first-order chi connectivity index (χ1) is 9.41. The second-order valence-electron chi connectivity index (χ2n) is 6.73. The molecule has 0 amide bonds. The van der Waals surface area contributed by atoms with E-state index in [1.54, 1.807) is 0 Å². The molecule has 1 saturated carbocycles. The highest BCUT2D eigenvalue weighted by atomic mass is 35.5. The second-order valence-corrected chi connectivity index (χ2v) is 8.23. The molecular weight excluding hydrogens is 288 g/mol. The Labute approximate surface area is 130 Å². The summed E-state index contributed by atoms with van der Waals surface area (Å²) < 4.78 is 0. The molecule has 1 fully saturated rings. The van der Waals surface area contributed by atoms with E-state index in [1.807, 2.05) is 23.9 Å². The van der Waals surface area contributed by atoms with Gasteiger partial charge >= 0.3 is 0 Å². The number of nitrogens with one attached hydrogen (secondary N) is 1. The number of halogens is 1. The first-order valence-electron chi connectivity index (χ1n) is 7.17. The van der Waals surface area contributed by atoms with Crippen molar-refractivity contribution in [3.63, 3.8) is 0 Å². The van der Waals surface area contributed by atoms with Crippen molar-refractivity contribution in [1.29, 1.82) is 0 Å². The van der Waals surface area contributed by atoms with Crippen molar-refractivity contribution in [3.05, 3.63) is 34.9 Å². The van der Waals surface area contributed by atoms with E-state index in [4.69, 9.17) is 16.6 Å². The average molecular weight is 309 g/mol. The molecule has 1 aromatic rings. The Bertz CT molecular complexity index is 550. The summed E-state index contributed by atoms with van der Waals surface area (Å²) in [6.07, 6.45) is 2.35. The highest BCUT2D eigenvalue weighted by Gasteiger charge is 2.57. The number of thioether (sulfide) groups is 1. The van der Waals surface area contributed by atoms with Gasteiger partial charge in [0, 0.05) is 16.3 Å². The lowest BCUT2D eigenvalue weighted by Crippen LogP contribution is -2.39. The van der Waals surface area contributed by atoms with Gasteiger partial charge in [-0.2, -0.15) is 0 Å². The van der Waals surface area contributed by atoms with Crippen LogP contribution in [0.3, 0.4) is 0 Å². The van der Waals surface area contributed by atoms with Gasteiger partial charge < -0.3 is 5.32 Å². The Hall–Kier alpha value is -0.670. The molecule has 2 nitrogen and oxygen atoms in total. The van der Waals surface area contributed by atoms with Crippen LogP contribution < -0.4 is 5.32 Å². The molecule has 0 spiro atoms. The number of hydrogen-bond donors (Lipinski definition) is 1. The minimum Gasteiger partial charge on any atom is -0.360 e. The molecule has 1 aromatic carbocycles. The lowest BCUT2D eigenvalue weighted by molar-refractivity contribution is 0.511. The largest absolute Gasteiger partial charge is 0.360 e. The minimum absolute atomic E-state index is 0.0439. The summed E-state index contributed by atoms with van der Waals surface area (Å²) in [4.78, 5) is 5.08. The molecule has 0 unspecified atom stereocenters. The zero-order valence-electron chi connectivity index (χ0n) is 12.2.